The SMILES string of the molecule is CCn1c(=O)c(=O)[nH]c2cc(C(=O)NCC(c3cccs3)N3CCOCC3)ccc21. The second-order valence-corrected chi connectivity index (χ2v) is 8.10. The van der Waals surface area contributed by atoms with Gasteiger partial charge in [-0.3, -0.25) is 19.3 Å². The molecule has 4 rings (SSSR count). The van der Waals surface area contributed by atoms with Crippen LogP contribution < -0.4 is 16.4 Å². The fourth-order valence-electron chi connectivity index (χ4n) is 3.81. The van der Waals surface area contributed by atoms with Gasteiger partial charge in [0.05, 0.1) is 30.3 Å². The number of amides is 1. The van der Waals surface area contributed by atoms with Crippen LogP contribution in [0.15, 0.2) is 45.3 Å². The maximum atomic E-state index is 12.8. The summed E-state index contributed by atoms with van der Waals surface area (Å²) in [7, 11) is 0. The zero-order chi connectivity index (χ0) is 21.1. The van der Waals surface area contributed by atoms with Crippen molar-refractivity contribution in [2.24, 2.45) is 0 Å². The predicted molar refractivity (Wildman–Crippen MR) is 116 cm³/mol. The molecule has 158 valence electrons. The molecule has 1 aliphatic heterocycles. The van der Waals surface area contributed by atoms with Gasteiger partial charge in [0, 0.05) is 36.6 Å². The smallest absolute Gasteiger partial charge is 0.316 e. The Bertz CT molecular complexity index is 1150. The fraction of sp³-hybridized carbons (Fsp3) is 0.381. The maximum Gasteiger partial charge on any atom is 0.316 e. The number of aromatic amines is 1. The van der Waals surface area contributed by atoms with E-state index in [4.69, 9.17) is 4.74 Å². The molecule has 3 aromatic rings. The Balaban J connectivity index is 1.55. The number of morpholine rings is 1. The number of nitrogens with zero attached hydrogens (tertiary/aromatic N) is 2. The second kappa shape index (κ2) is 8.95. The molecule has 0 bridgehead atoms. The number of hydrogen-bond acceptors (Lipinski definition) is 6. The zero-order valence-electron chi connectivity index (χ0n) is 16.7. The van der Waals surface area contributed by atoms with Crippen molar-refractivity contribution in [1.29, 1.82) is 0 Å². The topological polar surface area (TPSA) is 96.4 Å². The fourth-order valence-corrected chi connectivity index (χ4v) is 4.67. The number of carbonyl (C=O) groups is 1. The van der Waals surface area contributed by atoms with Gasteiger partial charge in [0.25, 0.3) is 5.91 Å². The van der Waals surface area contributed by atoms with Crippen LogP contribution in [-0.2, 0) is 11.3 Å². The molecule has 30 heavy (non-hydrogen) atoms. The lowest BCUT2D eigenvalue weighted by Gasteiger charge is -2.34. The van der Waals surface area contributed by atoms with Gasteiger partial charge in [-0.25, -0.2) is 0 Å². The first-order valence-corrected chi connectivity index (χ1v) is 10.9. The van der Waals surface area contributed by atoms with Gasteiger partial charge >= 0.3 is 11.1 Å². The minimum absolute atomic E-state index is 0.0865. The van der Waals surface area contributed by atoms with Crippen molar-refractivity contribution in [3.63, 3.8) is 0 Å². The number of fused-ring (bicyclic) bond motifs is 1. The van der Waals surface area contributed by atoms with E-state index in [2.05, 4.69) is 21.3 Å². The molecule has 1 atom stereocenters. The minimum atomic E-state index is -0.688. The molecule has 3 heterocycles. The summed E-state index contributed by atoms with van der Waals surface area (Å²) in [5.41, 5.74) is 0.227. The number of hydrogen-bond donors (Lipinski definition) is 2. The summed E-state index contributed by atoms with van der Waals surface area (Å²) >= 11 is 1.68. The van der Waals surface area contributed by atoms with E-state index in [1.165, 1.54) is 9.44 Å². The first-order valence-electron chi connectivity index (χ1n) is 9.98. The molecular weight excluding hydrogens is 404 g/mol. The van der Waals surface area contributed by atoms with E-state index in [1.807, 2.05) is 11.4 Å². The molecule has 1 saturated heterocycles. The van der Waals surface area contributed by atoms with Gasteiger partial charge in [-0.2, -0.15) is 0 Å². The molecule has 0 aliphatic carbocycles. The maximum absolute atomic E-state index is 12.8. The van der Waals surface area contributed by atoms with Crippen LogP contribution >= 0.6 is 11.3 Å². The molecule has 1 unspecified atom stereocenters. The summed E-state index contributed by atoms with van der Waals surface area (Å²) in [5.74, 6) is -0.221. The molecule has 9 heteroatoms. The second-order valence-electron chi connectivity index (χ2n) is 7.13. The molecule has 1 amide bonds. The lowest BCUT2D eigenvalue weighted by molar-refractivity contribution is 0.0169. The first-order chi connectivity index (χ1) is 14.6. The van der Waals surface area contributed by atoms with Gasteiger partial charge in [-0.05, 0) is 36.6 Å². The third-order valence-electron chi connectivity index (χ3n) is 5.37. The molecule has 1 aliphatic rings. The lowest BCUT2D eigenvalue weighted by Crippen LogP contribution is -2.43. The van der Waals surface area contributed by atoms with Gasteiger partial charge < -0.3 is 19.6 Å². The van der Waals surface area contributed by atoms with Crippen LogP contribution in [0.1, 0.15) is 28.2 Å². The largest absolute Gasteiger partial charge is 0.379 e. The first kappa shape index (κ1) is 20.5. The predicted octanol–water partition coefficient (Wildman–Crippen LogP) is 1.57. The van der Waals surface area contributed by atoms with Gasteiger partial charge in [0.2, 0.25) is 0 Å². The average Bonchev–Trinajstić information content (AvgIpc) is 3.30. The van der Waals surface area contributed by atoms with Crippen molar-refractivity contribution in [3.8, 4) is 0 Å². The van der Waals surface area contributed by atoms with Crippen LogP contribution in [0.5, 0.6) is 0 Å². The molecule has 1 fully saturated rings. The van der Waals surface area contributed by atoms with Crippen molar-refractivity contribution in [3.05, 3.63) is 66.9 Å². The number of H-pyrrole nitrogens is 1. The normalized spacial score (nSPS) is 15.9. The number of thiophene rings is 1. The molecule has 2 N–H and O–H groups in total. The highest BCUT2D eigenvalue weighted by atomic mass is 32.1. The highest BCUT2D eigenvalue weighted by molar-refractivity contribution is 7.10. The highest BCUT2D eigenvalue weighted by Crippen LogP contribution is 2.25. The van der Waals surface area contributed by atoms with Gasteiger partial charge in [-0.15, -0.1) is 11.3 Å². The summed E-state index contributed by atoms with van der Waals surface area (Å²) in [5, 5.41) is 5.07. The van der Waals surface area contributed by atoms with Crippen molar-refractivity contribution >= 4 is 28.3 Å². The van der Waals surface area contributed by atoms with Crippen molar-refractivity contribution in [2.45, 2.75) is 19.5 Å². The highest BCUT2D eigenvalue weighted by Gasteiger charge is 2.24. The zero-order valence-corrected chi connectivity index (χ0v) is 17.5. The van der Waals surface area contributed by atoms with Crippen LogP contribution in [0, 0.1) is 0 Å². The summed E-state index contributed by atoms with van der Waals surface area (Å²) in [6.45, 7) is 5.68. The Kier molecular flexibility index (Phi) is 6.12. The van der Waals surface area contributed by atoms with Crippen LogP contribution in [0.3, 0.4) is 0 Å². The summed E-state index contributed by atoms with van der Waals surface area (Å²) in [4.78, 5) is 42.9. The summed E-state index contributed by atoms with van der Waals surface area (Å²) in [6, 6.07) is 9.18. The number of carbonyl (C=O) groups excluding carboxylic acids is 1. The molecule has 0 radical (unpaired) electrons. The van der Waals surface area contributed by atoms with E-state index in [9.17, 15) is 14.4 Å². The number of ether oxygens (including phenoxy) is 1. The number of aromatic nitrogens is 2. The Labute approximate surface area is 177 Å². The van der Waals surface area contributed by atoms with Crippen molar-refractivity contribution in [2.75, 3.05) is 32.8 Å². The number of benzene rings is 1. The van der Waals surface area contributed by atoms with E-state index in [0.29, 0.717) is 42.9 Å². The Morgan fingerprint density at radius 2 is 2.07 bits per heavy atom. The van der Waals surface area contributed by atoms with E-state index >= 15 is 0 Å². The van der Waals surface area contributed by atoms with E-state index in [-0.39, 0.29) is 11.9 Å². The third kappa shape index (κ3) is 4.09. The molecule has 1 aromatic carbocycles. The molecule has 0 spiro atoms. The van der Waals surface area contributed by atoms with Gasteiger partial charge in [0.1, 0.15) is 0 Å². The van der Waals surface area contributed by atoms with E-state index in [1.54, 1.807) is 36.5 Å². The number of rotatable bonds is 6. The van der Waals surface area contributed by atoms with Gasteiger partial charge in [0.15, 0.2) is 0 Å². The average molecular weight is 429 g/mol. The monoisotopic (exact) mass is 428 g/mol. The van der Waals surface area contributed by atoms with E-state index in [0.717, 1.165) is 13.1 Å². The van der Waals surface area contributed by atoms with Crippen LogP contribution in [0.4, 0.5) is 0 Å². The Morgan fingerprint density at radius 1 is 1.27 bits per heavy atom. The molecular formula is C21H24N4O4S. The lowest BCUT2D eigenvalue weighted by atomic mass is 10.1. The third-order valence-corrected chi connectivity index (χ3v) is 6.34. The minimum Gasteiger partial charge on any atom is -0.379 e. The van der Waals surface area contributed by atoms with Crippen LogP contribution in [0.25, 0.3) is 11.0 Å². The molecule has 2 aromatic heterocycles. The standard InChI is InChI=1S/C21H24N4O4S/c1-2-25-16-6-5-14(12-15(16)23-20(27)21(25)28)19(26)22-13-17(18-4-3-11-30-18)24-7-9-29-10-8-24/h3-6,11-12,17H,2,7-10,13H2,1H3,(H,22,26)(H,23,27). The Hall–Kier alpha value is -2.75. The number of nitrogens with one attached hydrogen (secondary N) is 2. The summed E-state index contributed by atoms with van der Waals surface area (Å²) in [6.07, 6.45) is 0. The van der Waals surface area contributed by atoms with Gasteiger partial charge in [-0.1, -0.05) is 6.07 Å². The quantitative estimate of drug-likeness (QED) is 0.581. The van der Waals surface area contributed by atoms with Crippen LogP contribution in [-0.4, -0.2) is 53.2 Å². The molecule has 8 nitrogen and oxygen atoms in total. The van der Waals surface area contributed by atoms with Crippen molar-refractivity contribution < 1.29 is 9.53 Å². The van der Waals surface area contributed by atoms with E-state index < -0.39 is 11.1 Å². The van der Waals surface area contributed by atoms with Crippen LogP contribution in [0.2, 0.25) is 0 Å². The van der Waals surface area contributed by atoms with Crippen molar-refractivity contribution in [1.82, 2.24) is 19.8 Å². The molecule has 0 saturated carbocycles. The number of aryl methyl sites for hydroxylation is 1. The summed E-state index contributed by atoms with van der Waals surface area (Å²) < 4.78 is 6.86. The Morgan fingerprint density at radius 3 is 2.77 bits per heavy atom.